The molecule has 1 saturated heterocycles. The Labute approximate surface area is 741 Å². The highest BCUT2D eigenvalue weighted by atomic mass is 32.1. The Hall–Kier alpha value is -14.9. The standard InChI is InChI=1S/C23H21N5O2S.C18H13FN4OS.C18H17N5OS.C17H12N4OS.C16H13N5OS/c1-15-18(23(30)28-13-11-27(12-14-28)16-7-3-2-4-8-16)19-20(31-15)22(29)26-21(25-19)17-9-5-6-10-24-17;1-10(19)11-6-12(8-20-7-11)13-9-25-16-15(13)22-17(23-18(16)24)14-4-2-3-5-21-14;1-10(2)23-8-12(11(3)22-23)13-9-25-16-15(13)20-17(21-18(16)24)14-6-4-5-7-19-14;1-10-13(11-5-8-18-9-6-11)14-15(23-10)17(22)21-16(20-14)12-4-2-3-7-19-12;1-9-10(7-18-21(9)2)11-8-23-14-13(11)19-15(20-16(14)22)12-5-3-4-6-17-12/h2-10H,11-14H2,1H3,(H,25,26,29);2-10H,1H3,(H,22,23,24);4-10H,1-3H3,(H,20,21,24);2-9H,1H3,(H,20,21,22);3-8H,1-2H3,(H,19,20,22)/p+1. The van der Waals surface area contributed by atoms with E-state index >= 15 is 0 Å². The lowest BCUT2D eigenvalue weighted by atomic mass is 10.1. The molecule has 19 aromatic heterocycles. The first-order valence-electron chi connectivity index (χ1n) is 40.1. The number of nitrogens with zero attached hydrogens (tertiary/aromatic N) is 17. The highest BCUT2D eigenvalue weighted by Crippen LogP contribution is 2.40. The third-order valence-electron chi connectivity index (χ3n) is 21.0. The summed E-state index contributed by atoms with van der Waals surface area (Å²) in [7, 11) is 1.90. The van der Waals surface area contributed by atoms with E-state index in [-0.39, 0.29) is 33.7 Å². The van der Waals surface area contributed by atoms with Gasteiger partial charge in [0, 0.05) is 165 Å². The molecule has 127 heavy (non-hydrogen) atoms. The average molecular weight is 1780 g/mol. The number of hydrogen-bond donors (Lipinski definition) is 6. The lowest BCUT2D eigenvalue weighted by Crippen LogP contribution is -2.48. The van der Waals surface area contributed by atoms with Crippen LogP contribution < -0.4 is 37.4 Å². The molecule has 20 aromatic rings. The van der Waals surface area contributed by atoms with Gasteiger partial charge < -0.3 is 34.7 Å². The second-order valence-corrected chi connectivity index (χ2v) is 34.7. The van der Waals surface area contributed by atoms with Gasteiger partial charge in [-0.25, -0.2) is 29.3 Å². The van der Waals surface area contributed by atoms with Crippen LogP contribution in [-0.4, -0.2) is 137 Å². The predicted molar refractivity (Wildman–Crippen MR) is 499 cm³/mol. The molecule has 6 N–H and O–H groups in total. The predicted octanol–water partition coefficient (Wildman–Crippen LogP) is 16.8. The molecule has 1 fully saturated rings. The molecule has 1 amide bonds. The van der Waals surface area contributed by atoms with E-state index in [9.17, 15) is 33.2 Å². The van der Waals surface area contributed by atoms with E-state index in [1.165, 1.54) is 75.5 Å². The second-order valence-electron chi connectivity index (χ2n) is 29.6. The minimum absolute atomic E-state index is 0.0680. The topological polar surface area (TPSA) is 380 Å². The quantitative estimate of drug-likeness (QED) is 0.0584. The van der Waals surface area contributed by atoms with E-state index in [2.05, 4.69) is 132 Å². The summed E-state index contributed by atoms with van der Waals surface area (Å²) in [6, 6.07) is 43.6. The zero-order valence-corrected chi connectivity index (χ0v) is 73.4. The lowest BCUT2D eigenvalue weighted by Gasteiger charge is -2.36. The van der Waals surface area contributed by atoms with Gasteiger partial charge in [0.1, 0.15) is 63.7 Å². The van der Waals surface area contributed by atoms with Crippen LogP contribution in [-0.2, 0) is 7.05 Å². The van der Waals surface area contributed by atoms with E-state index in [0.29, 0.717) is 139 Å². The van der Waals surface area contributed by atoms with Crippen molar-refractivity contribution in [1.82, 2.24) is 105 Å². The van der Waals surface area contributed by atoms with E-state index in [1.807, 2.05) is 158 Å². The molecule has 0 saturated carbocycles. The number of aromatic nitrogens is 21. The third kappa shape index (κ3) is 17.7. The number of aromatic amines is 6. The number of aryl methyl sites for hydroxylation is 4. The van der Waals surface area contributed by atoms with Crippen molar-refractivity contribution in [2.75, 3.05) is 31.1 Å². The van der Waals surface area contributed by atoms with Crippen molar-refractivity contribution in [3.8, 4) is 102 Å². The molecule has 0 spiro atoms. The molecular weight excluding hydrogens is 1700 g/mol. The van der Waals surface area contributed by atoms with Crippen LogP contribution in [0.15, 0.2) is 248 Å². The van der Waals surface area contributed by atoms with Crippen LogP contribution in [0.3, 0.4) is 0 Å². The third-order valence-corrected chi connectivity index (χ3v) is 26.1. The van der Waals surface area contributed by atoms with E-state index in [1.54, 1.807) is 86.1 Å². The molecule has 0 aliphatic carbocycles. The number of nitrogens with one attached hydrogen (secondary N) is 6. The van der Waals surface area contributed by atoms with Crippen molar-refractivity contribution in [2.45, 2.75) is 60.7 Å². The van der Waals surface area contributed by atoms with Crippen molar-refractivity contribution in [3.05, 3.63) is 308 Å². The monoisotopic (exact) mass is 1780 g/mol. The van der Waals surface area contributed by atoms with E-state index in [0.717, 1.165) is 78.7 Å². The first-order chi connectivity index (χ1) is 61.7. The Morgan fingerprint density at radius 3 is 1.31 bits per heavy atom. The van der Waals surface area contributed by atoms with Crippen molar-refractivity contribution in [1.29, 1.82) is 0 Å². The Morgan fingerprint density at radius 1 is 0.441 bits per heavy atom. The van der Waals surface area contributed by atoms with Crippen molar-refractivity contribution >= 4 is 119 Å². The fourth-order valence-electron chi connectivity index (χ4n) is 14.4. The number of halogens is 1. The summed E-state index contributed by atoms with van der Waals surface area (Å²) in [6.07, 6.45) is 17.7. The number of amides is 1. The van der Waals surface area contributed by atoms with Crippen LogP contribution in [0.5, 0.6) is 0 Å². The highest BCUT2D eigenvalue weighted by molar-refractivity contribution is 7.20. The van der Waals surface area contributed by atoms with Crippen molar-refractivity contribution < 1.29 is 13.9 Å². The van der Waals surface area contributed by atoms with E-state index < -0.39 is 6.17 Å². The molecule has 1 unspecified atom stereocenters. The first-order valence-corrected chi connectivity index (χ1v) is 44.3. The largest absolute Gasteiger partial charge is 0.368 e. The summed E-state index contributed by atoms with van der Waals surface area (Å²) in [5.41, 5.74) is 17.1. The van der Waals surface area contributed by atoms with Crippen LogP contribution >= 0.6 is 56.7 Å². The smallest absolute Gasteiger partial charge is 0.269 e. The molecule has 1 atom stereocenters. The van der Waals surface area contributed by atoms with Crippen molar-refractivity contribution in [2.24, 2.45) is 7.05 Å². The number of fused-ring (bicyclic) bond motifs is 5. The van der Waals surface area contributed by atoms with Gasteiger partial charge in [0.25, 0.3) is 33.7 Å². The minimum atomic E-state index is -1.11. The van der Waals surface area contributed by atoms with Gasteiger partial charge in [-0.3, -0.25) is 68.3 Å². The van der Waals surface area contributed by atoms with Gasteiger partial charge in [-0.05, 0) is 145 Å². The fraction of sp³-hybridized carbons (Fsp3) is 0.152. The number of benzene rings is 1. The second kappa shape index (κ2) is 36.9. The number of para-hydroxylation sites is 1. The number of piperazine rings is 1. The molecule has 21 rings (SSSR count). The normalized spacial score (nSPS) is 12.2. The number of alkyl halides is 1. The van der Waals surface area contributed by atoms with Crippen LogP contribution in [0, 0.1) is 27.7 Å². The van der Waals surface area contributed by atoms with Crippen LogP contribution in [0.4, 0.5) is 10.1 Å². The molecule has 632 valence electrons. The summed E-state index contributed by atoms with van der Waals surface area (Å²) in [5.74, 6) is 2.16. The fourth-order valence-corrected chi connectivity index (χ4v) is 19.1. The Morgan fingerprint density at radius 2 is 0.866 bits per heavy atom. The van der Waals surface area contributed by atoms with Gasteiger partial charge in [0.05, 0.1) is 45.1 Å². The van der Waals surface area contributed by atoms with Crippen LogP contribution in [0.2, 0.25) is 0 Å². The average Bonchev–Trinajstić information content (AvgIpc) is 1.64. The maximum absolute atomic E-state index is 13.6. The Balaban J connectivity index is 0.000000112. The number of rotatable bonds is 13. The van der Waals surface area contributed by atoms with Gasteiger partial charge in [-0.2, -0.15) is 10.2 Å². The Kier molecular flexibility index (Phi) is 24.5. The number of thiophene rings is 5. The molecule has 0 radical (unpaired) electrons. The van der Waals surface area contributed by atoms with Gasteiger partial charge in [-0.1, -0.05) is 48.5 Å². The maximum Gasteiger partial charge on any atom is 0.269 e. The van der Waals surface area contributed by atoms with Crippen LogP contribution in [0.25, 0.3) is 153 Å². The molecule has 35 heteroatoms. The minimum Gasteiger partial charge on any atom is -0.368 e. The molecule has 1 aliphatic heterocycles. The van der Waals surface area contributed by atoms with Gasteiger partial charge in [0.2, 0.25) is 6.20 Å². The molecule has 1 aromatic carbocycles. The number of H-pyrrole nitrogens is 6. The first kappa shape index (κ1) is 84.3. The van der Waals surface area contributed by atoms with Gasteiger partial charge >= 0.3 is 0 Å². The number of carbonyl (C=O) groups excluding carboxylic acids is 1. The number of pyridine rings is 7. The molecule has 0 bridgehead atoms. The molecular formula is C92H77FN23O6S5+. The maximum atomic E-state index is 13.6. The number of anilines is 1. The summed E-state index contributed by atoms with van der Waals surface area (Å²) in [4.78, 5) is 149. The van der Waals surface area contributed by atoms with E-state index in [4.69, 9.17) is 4.98 Å². The lowest BCUT2D eigenvalue weighted by molar-refractivity contribution is -0.767. The van der Waals surface area contributed by atoms with Crippen LogP contribution in [0.1, 0.15) is 70.0 Å². The molecule has 29 nitrogen and oxygen atoms in total. The summed E-state index contributed by atoms with van der Waals surface area (Å²) < 4.78 is 20.3. The zero-order valence-electron chi connectivity index (χ0n) is 69.3. The zero-order chi connectivity index (χ0) is 88.1. The summed E-state index contributed by atoms with van der Waals surface area (Å²) >= 11 is 6.89. The summed E-state index contributed by atoms with van der Waals surface area (Å²) in [6.45, 7) is 16.4. The van der Waals surface area contributed by atoms with Crippen molar-refractivity contribution in [3.63, 3.8) is 0 Å². The highest BCUT2D eigenvalue weighted by Gasteiger charge is 2.30. The molecule has 1 aliphatic rings. The summed E-state index contributed by atoms with van der Waals surface area (Å²) in [5, 5.41) is 13.4. The van der Waals surface area contributed by atoms with Gasteiger partial charge in [-0.15, -0.1) is 61.4 Å². The molecule has 20 heterocycles. The number of hydrogen-bond acceptors (Lipinski definition) is 25. The number of carbonyl (C=O) groups is 1. The Bertz CT molecular complexity index is 7720. The SMILES string of the molecule is CC(F)c1cncc(-c2csc3c(=O)[nH]c(-c4ccccn4)nc23)c1.Cc1[nH][n+](C(C)C)cc1-c1csc2c(=O)[nH]c(-c3ccccn3)nc12.Cc1c(-c2csc3c(=O)[nH]c(-c4ccccn4)nc23)cnn1C.Cc1sc2c(=O)[nH]c(-c3ccccn3)nc2c1-c1ccncc1.Cc1sc2c(=O)[nH]c(-c3ccccn3)nc2c1C(=O)N1CCN(c2ccccc2)CC1. The van der Waals surface area contributed by atoms with Gasteiger partial charge in [0.15, 0.2) is 35.2 Å².